The molecule has 0 aromatic heterocycles. The molecule has 3 rings (SSSR count). The van der Waals surface area contributed by atoms with Gasteiger partial charge in [0.2, 0.25) is 11.8 Å². The molecule has 0 radical (unpaired) electrons. The first kappa shape index (κ1) is 19.1. The molecule has 142 valence electrons. The van der Waals surface area contributed by atoms with Crippen LogP contribution in [0.2, 0.25) is 0 Å². The number of hydrogen-bond acceptors (Lipinski definition) is 3. The summed E-state index contributed by atoms with van der Waals surface area (Å²) in [6.07, 6.45) is 1.74. The maximum absolute atomic E-state index is 12.9. The number of carbonyl (C=O) groups is 2. The molecule has 1 N–H and O–H groups in total. The van der Waals surface area contributed by atoms with Crippen molar-refractivity contribution in [3.63, 3.8) is 0 Å². The summed E-state index contributed by atoms with van der Waals surface area (Å²) in [6, 6.07) is 17.1. The zero-order valence-corrected chi connectivity index (χ0v) is 15.9. The van der Waals surface area contributed by atoms with E-state index in [4.69, 9.17) is 4.74 Å². The molecule has 2 aromatic rings. The first-order chi connectivity index (χ1) is 13.1. The smallest absolute Gasteiger partial charge is 0.245 e. The Bertz CT molecular complexity index is 791. The van der Waals surface area contributed by atoms with E-state index in [2.05, 4.69) is 17.4 Å². The highest BCUT2D eigenvalue weighted by atomic mass is 16.5. The first-order valence-corrected chi connectivity index (χ1v) is 9.29. The molecule has 1 aliphatic rings. The van der Waals surface area contributed by atoms with Crippen LogP contribution in [0.5, 0.6) is 0 Å². The average molecular weight is 366 g/mol. The summed E-state index contributed by atoms with van der Waals surface area (Å²) in [5, 5.41) is 2.95. The standard InChI is InChI=1S/C22H26N2O3/c1-16(25)24(20-13-12-18-10-6-7-11-19(18)20)21(15-27-2)22(26)23-14-17-8-4-3-5-9-17/h3-11,20-21H,12-15H2,1-2H3,(H,23,26)/t20-,21?/m0/s1. The number of nitrogens with one attached hydrogen (secondary N) is 1. The van der Waals surface area contributed by atoms with Gasteiger partial charge < -0.3 is 15.0 Å². The highest BCUT2D eigenvalue weighted by Crippen LogP contribution is 2.36. The molecule has 2 amide bonds. The number of nitrogens with zero attached hydrogens (tertiary/aromatic N) is 1. The lowest BCUT2D eigenvalue weighted by atomic mass is 10.0. The van der Waals surface area contributed by atoms with E-state index in [9.17, 15) is 9.59 Å². The lowest BCUT2D eigenvalue weighted by molar-refractivity contribution is -0.144. The summed E-state index contributed by atoms with van der Waals surface area (Å²) in [4.78, 5) is 27.2. The number of carbonyl (C=O) groups excluding carboxylic acids is 2. The molecule has 0 fully saturated rings. The van der Waals surface area contributed by atoms with Crippen molar-refractivity contribution in [3.8, 4) is 0 Å². The fourth-order valence-corrected chi connectivity index (χ4v) is 3.82. The lowest BCUT2D eigenvalue weighted by Gasteiger charge is -2.35. The summed E-state index contributed by atoms with van der Waals surface area (Å²) in [6.45, 7) is 2.11. The van der Waals surface area contributed by atoms with Crippen molar-refractivity contribution in [1.82, 2.24) is 10.2 Å². The van der Waals surface area contributed by atoms with Crippen LogP contribution in [0.3, 0.4) is 0 Å². The Kier molecular flexibility index (Phi) is 6.24. The third kappa shape index (κ3) is 4.37. The number of rotatable bonds is 7. The van der Waals surface area contributed by atoms with Gasteiger partial charge in [0.05, 0.1) is 12.6 Å². The van der Waals surface area contributed by atoms with Crippen molar-refractivity contribution in [3.05, 3.63) is 71.3 Å². The van der Waals surface area contributed by atoms with Crippen molar-refractivity contribution >= 4 is 11.8 Å². The maximum Gasteiger partial charge on any atom is 0.245 e. The van der Waals surface area contributed by atoms with Crippen LogP contribution in [-0.4, -0.2) is 36.5 Å². The third-order valence-electron chi connectivity index (χ3n) is 5.07. The number of benzene rings is 2. The molecule has 0 bridgehead atoms. The van der Waals surface area contributed by atoms with Crippen LogP contribution in [-0.2, 0) is 27.3 Å². The molecular weight excluding hydrogens is 340 g/mol. The Labute approximate surface area is 160 Å². The molecular formula is C22H26N2O3. The Balaban J connectivity index is 1.80. The van der Waals surface area contributed by atoms with Gasteiger partial charge in [0.15, 0.2) is 0 Å². The predicted molar refractivity (Wildman–Crippen MR) is 104 cm³/mol. The highest BCUT2D eigenvalue weighted by molar-refractivity contribution is 5.87. The number of aryl methyl sites for hydroxylation is 1. The minimum Gasteiger partial charge on any atom is -0.382 e. The molecule has 5 heteroatoms. The largest absolute Gasteiger partial charge is 0.382 e. The van der Waals surface area contributed by atoms with E-state index in [1.807, 2.05) is 42.5 Å². The van der Waals surface area contributed by atoms with Gasteiger partial charge in [0, 0.05) is 20.6 Å². The fraction of sp³-hybridized carbons (Fsp3) is 0.364. The van der Waals surface area contributed by atoms with Crippen LogP contribution in [0.4, 0.5) is 0 Å². The van der Waals surface area contributed by atoms with E-state index >= 15 is 0 Å². The van der Waals surface area contributed by atoms with Crippen LogP contribution in [0.25, 0.3) is 0 Å². The van der Waals surface area contributed by atoms with Gasteiger partial charge in [-0.2, -0.15) is 0 Å². The molecule has 2 aromatic carbocycles. The van der Waals surface area contributed by atoms with E-state index in [1.54, 1.807) is 12.0 Å². The molecule has 2 atom stereocenters. The Morgan fingerprint density at radius 2 is 1.85 bits per heavy atom. The molecule has 0 saturated carbocycles. The zero-order chi connectivity index (χ0) is 19.2. The van der Waals surface area contributed by atoms with E-state index in [0.29, 0.717) is 6.54 Å². The highest BCUT2D eigenvalue weighted by Gasteiger charge is 2.37. The lowest BCUT2D eigenvalue weighted by Crippen LogP contribution is -2.52. The molecule has 0 saturated heterocycles. The Hall–Kier alpha value is -2.66. The summed E-state index contributed by atoms with van der Waals surface area (Å²) in [5.41, 5.74) is 3.39. The quantitative estimate of drug-likeness (QED) is 0.820. The second-order valence-electron chi connectivity index (χ2n) is 6.85. The predicted octanol–water partition coefficient (Wildman–Crippen LogP) is 2.85. The van der Waals surface area contributed by atoms with Gasteiger partial charge in [0.1, 0.15) is 6.04 Å². The number of fused-ring (bicyclic) bond motifs is 1. The SMILES string of the molecule is COCC(C(=O)NCc1ccccc1)N(C(C)=O)[C@H]1CCc2ccccc21. The van der Waals surface area contributed by atoms with Crippen molar-refractivity contribution in [2.45, 2.75) is 38.4 Å². The van der Waals surface area contributed by atoms with Crippen LogP contribution in [0.15, 0.2) is 54.6 Å². The minimum absolute atomic E-state index is 0.0960. The van der Waals surface area contributed by atoms with Gasteiger partial charge in [-0.25, -0.2) is 0 Å². The summed E-state index contributed by atoms with van der Waals surface area (Å²) in [5.74, 6) is -0.311. The monoisotopic (exact) mass is 366 g/mol. The van der Waals surface area contributed by atoms with Crippen molar-refractivity contribution in [2.75, 3.05) is 13.7 Å². The summed E-state index contributed by atoms with van der Waals surface area (Å²) >= 11 is 0. The second kappa shape index (κ2) is 8.82. The number of amides is 2. The maximum atomic E-state index is 12.9. The van der Waals surface area contributed by atoms with Crippen molar-refractivity contribution in [1.29, 1.82) is 0 Å². The van der Waals surface area contributed by atoms with Crippen LogP contribution >= 0.6 is 0 Å². The second-order valence-corrected chi connectivity index (χ2v) is 6.85. The summed E-state index contributed by atoms with van der Waals surface area (Å²) < 4.78 is 5.30. The minimum atomic E-state index is -0.660. The van der Waals surface area contributed by atoms with Crippen LogP contribution in [0, 0.1) is 0 Å². The molecule has 0 aliphatic heterocycles. The molecule has 0 spiro atoms. The van der Waals surface area contributed by atoms with Crippen molar-refractivity contribution < 1.29 is 14.3 Å². The molecule has 1 unspecified atom stereocenters. The number of ether oxygens (including phenoxy) is 1. The van der Waals surface area contributed by atoms with E-state index in [0.717, 1.165) is 24.0 Å². The Morgan fingerprint density at radius 3 is 2.56 bits per heavy atom. The first-order valence-electron chi connectivity index (χ1n) is 9.29. The molecule has 1 aliphatic carbocycles. The van der Waals surface area contributed by atoms with Gasteiger partial charge in [-0.3, -0.25) is 9.59 Å². The van der Waals surface area contributed by atoms with Crippen molar-refractivity contribution in [2.24, 2.45) is 0 Å². The van der Waals surface area contributed by atoms with E-state index in [1.165, 1.54) is 12.5 Å². The van der Waals surface area contributed by atoms with Gasteiger partial charge in [-0.15, -0.1) is 0 Å². The van der Waals surface area contributed by atoms with Crippen LogP contribution in [0.1, 0.15) is 36.1 Å². The van der Waals surface area contributed by atoms with Gasteiger partial charge in [-0.1, -0.05) is 54.6 Å². The van der Waals surface area contributed by atoms with Gasteiger partial charge in [0.25, 0.3) is 0 Å². The van der Waals surface area contributed by atoms with E-state index in [-0.39, 0.29) is 24.5 Å². The topological polar surface area (TPSA) is 58.6 Å². The fourth-order valence-electron chi connectivity index (χ4n) is 3.82. The average Bonchev–Trinajstić information content (AvgIpc) is 3.10. The van der Waals surface area contributed by atoms with Gasteiger partial charge >= 0.3 is 0 Å². The Morgan fingerprint density at radius 1 is 1.15 bits per heavy atom. The molecule has 27 heavy (non-hydrogen) atoms. The summed E-state index contributed by atoms with van der Waals surface area (Å²) in [7, 11) is 1.55. The van der Waals surface area contributed by atoms with E-state index < -0.39 is 6.04 Å². The molecule has 0 heterocycles. The number of hydrogen-bond donors (Lipinski definition) is 1. The van der Waals surface area contributed by atoms with Gasteiger partial charge in [-0.05, 0) is 29.5 Å². The number of methoxy groups -OCH3 is 1. The van der Waals surface area contributed by atoms with Crippen LogP contribution < -0.4 is 5.32 Å². The normalized spacial score (nSPS) is 16.4. The third-order valence-corrected chi connectivity index (χ3v) is 5.07. The zero-order valence-electron chi connectivity index (χ0n) is 15.9. The molecule has 5 nitrogen and oxygen atoms in total.